The summed E-state index contributed by atoms with van der Waals surface area (Å²) in [6, 6.07) is 0. The smallest absolute Gasteiger partial charge is 0.330 e. The number of hydrogen-bond acceptors (Lipinski definition) is 3. The fourth-order valence-corrected chi connectivity index (χ4v) is 1.48. The number of aliphatic carboxylic acids is 3. The van der Waals surface area contributed by atoms with Crippen LogP contribution in [-0.2, 0) is 14.4 Å². The molecule has 0 bridgehead atoms. The molecule has 0 aliphatic rings. The first kappa shape index (κ1) is 16.1. The van der Waals surface area contributed by atoms with Crippen molar-refractivity contribution in [2.24, 2.45) is 11.3 Å². The predicted molar refractivity (Wildman–Crippen MR) is 63.2 cm³/mol. The van der Waals surface area contributed by atoms with Crippen molar-refractivity contribution in [3.63, 3.8) is 0 Å². The Kier molecular flexibility index (Phi) is 5.55. The highest BCUT2D eigenvalue weighted by Crippen LogP contribution is 2.32. The molecule has 0 radical (unpaired) electrons. The van der Waals surface area contributed by atoms with E-state index in [2.05, 4.69) is 6.58 Å². The second kappa shape index (κ2) is 6.18. The Morgan fingerprint density at radius 3 is 2.06 bits per heavy atom. The maximum atomic E-state index is 11.2. The van der Waals surface area contributed by atoms with Gasteiger partial charge in [0, 0.05) is 5.57 Å². The second-order valence-corrected chi connectivity index (χ2v) is 4.73. The summed E-state index contributed by atoms with van der Waals surface area (Å²) in [5, 5.41) is 26.6. The number of hydrogen-bond donors (Lipinski definition) is 3. The van der Waals surface area contributed by atoms with Crippen molar-refractivity contribution in [3.05, 3.63) is 12.2 Å². The van der Waals surface area contributed by atoms with Crippen LogP contribution in [0.15, 0.2) is 12.2 Å². The van der Waals surface area contributed by atoms with E-state index in [0.717, 1.165) is 0 Å². The molecule has 0 aliphatic carbocycles. The molecule has 0 saturated heterocycles. The molecule has 0 amide bonds. The molecule has 2 atom stereocenters. The molecule has 0 rings (SSSR count). The SMILES string of the molecule is C=C(CC(C)(CCC(C)C(=O)O)C(=O)O)C(=O)O. The van der Waals surface area contributed by atoms with Gasteiger partial charge in [-0.15, -0.1) is 0 Å². The van der Waals surface area contributed by atoms with Gasteiger partial charge >= 0.3 is 17.9 Å². The van der Waals surface area contributed by atoms with E-state index in [1.54, 1.807) is 0 Å². The molecule has 18 heavy (non-hydrogen) atoms. The maximum absolute atomic E-state index is 11.2. The van der Waals surface area contributed by atoms with Crippen LogP contribution in [0.25, 0.3) is 0 Å². The topological polar surface area (TPSA) is 112 Å². The van der Waals surface area contributed by atoms with E-state index < -0.39 is 29.2 Å². The third kappa shape index (κ3) is 4.57. The fourth-order valence-electron chi connectivity index (χ4n) is 1.48. The van der Waals surface area contributed by atoms with Crippen LogP contribution in [0.4, 0.5) is 0 Å². The lowest BCUT2D eigenvalue weighted by Crippen LogP contribution is -2.30. The summed E-state index contributed by atoms with van der Waals surface area (Å²) >= 11 is 0. The highest BCUT2D eigenvalue weighted by Gasteiger charge is 2.35. The lowest BCUT2D eigenvalue weighted by molar-refractivity contribution is -0.150. The van der Waals surface area contributed by atoms with E-state index in [9.17, 15) is 14.4 Å². The average molecular weight is 258 g/mol. The monoisotopic (exact) mass is 258 g/mol. The fraction of sp³-hybridized carbons (Fsp3) is 0.583. The zero-order valence-corrected chi connectivity index (χ0v) is 10.5. The molecule has 2 unspecified atom stereocenters. The molecule has 0 spiro atoms. The van der Waals surface area contributed by atoms with Crippen molar-refractivity contribution < 1.29 is 29.7 Å². The van der Waals surface area contributed by atoms with Gasteiger partial charge in [0.1, 0.15) is 0 Å². The minimum absolute atomic E-state index is 0.0854. The van der Waals surface area contributed by atoms with Gasteiger partial charge in [0.05, 0.1) is 11.3 Å². The van der Waals surface area contributed by atoms with E-state index in [0.29, 0.717) is 0 Å². The molecule has 0 heterocycles. The minimum atomic E-state index is -1.31. The molecule has 0 aromatic carbocycles. The van der Waals surface area contributed by atoms with Gasteiger partial charge in [-0.3, -0.25) is 9.59 Å². The normalized spacial score (nSPS) is 15.4. The first-order valence-electron chi connectivity index (χ1n) is 5.47. The average Bonchev–Trinajstić information content (AvgIpc) is 2.25. The Hall–Kier alpha value is -1.85. The van der Waals surface area contributed by atoms with Crippen LogP contribution in [0, 0.1) is 11.3 Å². The molecule has 0 fully saturated rings. The molecule has 102 valence electrons. The highest BCUT2D eigenvalue weighted by atomic mass is 16.4. The van der Waals surface area contributed by atoms with E-state index in [1.807, 2.05) is 0 Å². The van der Waals surface area contributed by atoms with Gasteiger partial charge in [-0.1, -0.05) is 13.5 Å². The van der Waals surface area contributed by atoms with Crippen LogP contribution in [-0.4, -0.2) is 33.2 Å². The van der Waals surface area contributed by atoms with Gasteiger partial charge < -0.3 is 15.3 Å². The van der Waals surface area contributed by atoms with Gasteiger partial charge in [0.15, 0.2) is 0 Å². The summed E-state index contributed by atoms with van der Waals surface area (Å²) < 4.78 is 0. The Morgan fingerprint density at radius 1 is 1.22 bits per heavy atom. The van der Waals surface area contributed by atoms with Crippen molar-refractivity contribution >= 4 is 17.9 Å². The second-order valence-electron chi connectivity index (χ2n) is 4.73. The van der Waals surface area contributed by atoms with Crippen molar-refractivity contribution in [1.82, 2.24) is 0 Å². The summed E-state index contributed by atoms with van der Waals surface area (Å²) in [5.74, 6) is -4.06. The number of carboxylic acids is 3. The predicted octanol–water partition coefficient (Wildman–Crippen LogP) is 1.61. The van der Waals surface area contributed by atoms with Gasteiger partial charge in [0.25, 0.3) is 0 Å². The van der Waals surface area contributed by atoms with Crippen LogP contribution in [0.3, 0.4) is 0 Å². The lowest BCUT2D eigenvalue weighted by Gasteiger charge is -2.25. The largest absolute Gasteiger partial charge is 0.481 e. The van der Waals surface area contributed by atoms with Crippen molar-refractivity contribution in [3.8, 4) is 0 Å². The van der Waals surface area contributed by atoms with Crippen LogP contribution >= 0.6 is 0 Å². The van der Waals surface area contributed by atoms with Crippen LogP contribution in [0.2, 0.25) is 0 Å². The van der Waals surface area contributed by atoms with Crippen LogP contribution in [0.1, 0.15) is 33.1 Å². The van der Waals surface area contributed by atoms with Crippen molar-refractivity contribution in [2.45, 2.75) is 33.1 Å². The van der Waals surface area contributed by atoms with E-state index >= 15 is 0 Å². The molecule has 0 aliphatic heterocycles. The Morgan fingerprint density at radius 2 is 1.72 bits per heavy atom. The van der Waals surface area contributed by atoms with Crippen LogP contribution < -0.4 is 0 Å². The van der Waals surface area contributed by atoms with Crippen LogP contribution in [0.5, 0.6) is 0 Å². The molecule has 0 saturated carbocycles. The summed E-state index contributed by atoms with van der Waals surface area (Å²) in [7, 11) is 0. The summed E-state index contributed by atoms with van der Waals surface area (Å²) in [5.41, 5.74) is -1.50. The number of carbonyl (C=O) groups is 3. The molecule has 6 nitrogen and oxygen atoms in total. The molecule has 3 N–H and O–H groups in total. The van der Waals surface area contributed by atoms with E-state index in [-0.39, 0.29) is 24.8 Å². The quantitative estimate of drug-likeness (QED) is 0.570. The summed E-state index contributed by atoms with van der Waals surface area (Å²) in [6.45, 7) is 6.19. The molecule has 0 aromatic rings. The lowest BCUT2D eigenvalue weighted by atomic mass is 9.78. The van der Waals surface area contributed by atoms with Gasteiger partial charge in [0.2, 0.25) is 0 Å². The standard InChI is InChI=1S/C12H18O6/c1-7(9(13)14)4-5-12(3,11(17)18)6-8(2)10(15)16/h7H,2,4-6H2,1,3H3,(H,13,14)(H,15,16)(H,17,18). The molecule has 0 aromatic heterocycles. The summed E-state index contributed by atoms with van der Waals surface area (Å²) in [4.78, 5) is 32.5. The zero-order valence-electron chi connectivity index (χ0n) is 10.5. The third-order valence-electron chi connectivity index (χ3n) is 2.97. The van der Waals surface area contributed by atoms with Gasteiger partial charge in [-0.05, 0) is 26.2 Å². The molecular weight excluding hydrogens is 240 g/mol. The first-order valence-corrected chi connectivity index (χ1v) is 5.47. The molecular formula is C12H18O6. The first-order chi connectivity index (χ1) is 8.10. The third-order valence-corrected chi connectivity index (χ3v) is 2.97. The Bertz CT molecular complexity index is 373. The highest BCUT2D eigenvalue weighted by molar-refractivity contribution is 5.87. The summed E-state index contributed by atoms with van der Waals surface area (Å²) in [6.07, 6.45) is 0.0527. The molecule has 6 heteroatoms. The minimum Gasteiger partial charge on any atom is -0.481 e. The van der Waals surface area contributed by atoms with Crippen molar-refractivity contribution in [2.75, 3.05) is 0 Å². The Labute approximate surface area is 105 Å². The van der Waals surface area contributed by atoms with Gasteiger partial charge in [-0.2, -0.15) is 0 Å². The van der Waals surface area contributed by atoms with Crippen molar-refractivity contribution in [1.29, 1.82) is 0 Å². The number of carboxylic acid groups (broad SMARTS) is 3. The zero-order chi connectivity index (χ0) is 14.5. The Balaban J connectivity index is 4.73. The van der Waals surface area contributed by atoms with E-state index in [1.165, 1.54) is 13.8 Å². The van der Waals surface area contributed by atoms with Gasteiger partial charge in [-0.25, -0.2) is 4.79 Å². The number of rotatable bonds is 8. The maximum Gasteiger partial charge on any atom is 0.330 e. The van der Waals surface area contributed by atoms with E-state index in [4.69, 9.17) is 15.3 Å².